The number of anilines is 1. The third-order valence-corrected chi connectivity index (χ3v) is 3.74. The van der Waals surface area contributed by atoms with E-state index >= 15 is 0 Å². The summed E-state index contributed by atoms with van der Waals surface area (Å²) in [7, 11) is 1.72. The van der Waals surface area contributed by atoms with Gasteiger partial charge in [0.2, 0.25) is 0 Å². The van der Waals surface area contributed by atoms with Crippen LogP contribution in [0.5, 0.6) is 5.75 Å². The summed E-state index contributed by atoms with van der Waals surface area (Å²) in [5.74, 6) is 0.390. The van der Waals surface area contributed by atoms with E-state index in [9.17, 15) is 9.59 Å². The number of fused-ring (bicyclic) bond motifs is 1. The molecule has 0 aliphatic carbocycles. The average molecular weight is 348 g/mol. The largest absolute Gasteiger partial charge is 0.479 e. The predicted molar refractivity (Wildman–Crippen MR) is 92.6 cm³/mol. The molecule has 1 aromatic carbocycles. The van der Waals surface area contributed by atoms with Gasteiger partial charge < -0.3 is 15.0 Å². The van der Waals surface area contributed by atoms with Crippen molar-refractivity contribution in [2.45, 2.75) is 19.6 Å². The lowest BCUT2D eigenvalue weighted by atomic mass is 10.1. The molecule has 126 valence electrons. The lowest BCUT2D eigenvalue weighted by Crippen LogP contribution is -2.42. The second-order valence-corrected chi connectivity index (χ2v) is 5.38. The summed E-state index contributed by atoms with van der Waals surface area (Å²) in [6, 6.07) is 8.96. The summed E-state index contributed by atoms with van der Waals surface area (Å²) in [6.45, 7) is 2.09. The van der Waals surface area contributed by atoms with Crippen LogP contribution in [0.3, 0.4) is 0 Å². The number of ether oxygens (including phenoxy) is 1. The van der Waals surface area contributed by atoms with Crippen molar-refractivity contribution >= 4 is 29.9 Å². The SMILES string of the molecule is CC1Oc2ccc(CNC(=O)c3cccnc3)cc2N(C)C1=O.Cl. The third kappa shape index (κ3) is 3.49. The lowest BCUT2D eigenvalue weighted by Gasteiger charge is -2.30. The number of aromatic nitrogens is 1. The molecular weight excluding hydrogens is 330 g/mol. The molecule has 1 N–H and O–H groups in total. The lowest BCUT2D eigenvalue weighted by molar-refractivity contribution is -0.125. The fourth-order valence-electron chi connectivity index (χ4n) is 2.45. The molecule has 0 bridgehead atoms. The smallest absolute Gasteiger partial charge is 0.267 e. The molecule has 2 amide bonds. The molecule has 0 fully saturated rings. The van der Waals surface area contributed by atoms with E-state index in [-0.39, 0.29) is 24.2 Å². The van der Waals surface area contributed by atoms with Crippen molar-refractivity contribution in [3.63, 3.8) is 0 Å². The number of carbonyl (C=O) groups excluding carboxylic acids is 2. The molecule has 0 radical (unpaired) electrons. The van der Waals surface area contributed by atoms with Crippen molar-refractivity contribution in [2.75, 3.05) is 11.9 Å². The van der Waals surface area contributed by atoms with Gasteiger partial charge in [0.1, 0.15) is 5.75 Å². The van der Waals surface area contributed by atoms with Gasteiger partial charge in [-0.1, -0.05) is 6.07 Å². The molecule has 0 spiro atoms. The van der Waals surface area contributed by atoms with Gasteiger partial charge in [-0.15, -0.1) is 12.4 Å². The number of amides is 2. The highest BCUT2D eigenvalue weighted by atomic mass is 35.5. The van der Waals surface area contributed by atoms with E-state index in [0.29, 0.717) is 23.5 Å². The van der Waals surface area contributed by atoms with Gasteiger partial charge >= 0.3 is 0 Å². The zero-order valence-electron chi connectivity index (χ0n) is 13.4. The number of carbonyl (C=O) groups is 2. The van der Waals surface area contributed by atoms with Crippen molar-refractivity contribution < 1.29 is 14.3 Å². The number of hydrogen-bond acceptors (Lipinski definition) is 4. The maximum atomic E-state index is 12.0. The first-order chi connectivity index (χ1) is 11.1. The molecule has 1 unspecified atom stereocenters. The predicted octanol–water partition coefficient (Wildman–Crippen LogP) is 2.18. The standard InChI is InChI=1S/C17H17N3O3.ClH/c1-11-17(22)20(2)14-8-12(5-6-15(14)23-11)9-19-16(21)13-4-3-7-18-10-13;/h3-8,10-11H,9H2,1-2H3,(H,19,21);1H. The monoisotopic (exact) mass is 347 g/mol. The van der Waals surface area contributed by atoms with Crippen molar-refractivity contribution in [2.24, 2.45) is 0 Å². The third-order valence-electron chi connectivity index (χ3n) is 3.74. The summed E-state index contributed by atoms with van der Waals surface area (Å²) in [5.41, 5.74) is 2.11. The first-order valence-electron chi connectivity index (χ1n) is 7.31. The fraction of sp³-hybridized carbons (Fsp3) is 0.235. The maximum absolute atomic E-state index is 12.0. The Morgan fingerprint density at radius 3 is 2.88 bits per heavy atom. The number of rotatable bonds is 3. The number of hydrogen-bond donors (Lipinski definition) is 1. The van der Waals surface area contributed by atoms with Gasteiger partial charge in [0.15, 0.2) is 6.10 Å². The molecule has 1 aromatic heterocycles. The fourth-order valence-corrected chi connectivity index (χ4v) is 2.45. The summed E-state index contributed by atoms with van der Waals surface area (Å²) < 4.78 is 5.58. The van der Waals surface area contributed by atoms with E-state index in [4.69, 9.17) is 4.74 Å². The first-order valence-corrected chi connectivity index (χ1v) is 7.31. The first kappa shape index (κ1) is 17.7. The molecule has 1 atom stereocenters. The van der Waals surface area contributed by atoms with E-state index in [2.05, 4.69) is 10.3 Å². The number of pyridine rings is 1. The Bertz CT molecular complexity index is 752. The highest BCUT2D eigenvalue weighted by Gasteiger charge is 2.28. The van der Waals surface area contributed by atoms with Crippen LogP contribution >= 0.6 is 12.4 Å². The van der Waals surface area contributed by atoms with E-state index < -0.39 is 6.10 Å². The van der Waals surface area contributed by atoms with Crippen molar-refractivity contribution in [3.05, 3.63) is 53.9 Å². The molecule has 7 heteroatoms. The number of halogens is 1. The van der Waals surface area contributed by atoms with E-state index in [0.717, 1.165) is 5.56 Å². The number of likely N-dealkylation sites (N-methyl/N-ethyl adjacent to an activating group) is 1. The minimum Gasteiger partial charge on any atom is -0.479 e. The summed E-state index contributed by atoms with van der Waals surface area (Å²) >= 11 is 0. The van der Waals surface area contributed by atoms with Gasteiger partial charge in [0.05, 0.1) is 11.3 Å². The summed E-state index contributed by atoms with van der Waals surface area (Å²) in [4.78, 5) is 29.5. The van der Waals surface area contributed by atoms with Gasteiger partial charge in [-0.05, 0) is 36.8 Å². The van der Waals surface area contributed by atoms with E-state index in [1.807, 2.05) is 18.2 Å². The van der Waals surface area contributed by atoms with Crippen LogP contribution in [0.1, 0.15) is 22.8 Å². The Balaban J connectivity index is 0.00000208. The highest BCUT2D eigenvalue weighted by molar-refractivity contribution is 5.99. The maximum Gasteiger partial charge on any atom is 0.267 e. The van der Waals surface area contributed by atoms with Crippen molar-refractivity contribution in [3.8, 4) is 5.75 Å². The van der Waals surface area contributed by atoms with E-state index in [1.54, 1.807) is 37.2 Å². The quantitative estimate of drug-likeness (QED) is 0.923. The molecular formula is C17H18ClN3O3. The summed E-state index contributed by atoms with van der Waals surface area (Å²) in [6.07, 6.45) is 2.65. The Morgan fingerprint density at radius 1 is 1.38 bits per heavy atom. The average Bonchev–Trinajstić information content (AvgIpc) is 2.59. The van der Waals surface area contributed by atoms with Gasteiger partial charge in [-0.25, -0.2) is 0 Å². The normalized spacial score (nSPS) is 15.8. The highest BCUT2D eigenvalue weighted by Crippen LogP contribution is 2.33. The van der Waals surface area contributed by atoms with Crippen LogP contribution in [-0.4, -0.2) is 29.9 Å². The number of benzene rings is 1. The van der Waals surface area contributed by atoms with Crippen LogP contribution in [0.15, 0.2) is 42.7 Å². The Kier molecular flexibility index (Phi) is 5.41. The van der Waals surface area contributed by atoms with E-state index in [1.165, 1.54) is 6.20 Å². The van der Waals surface area contributed by atoms with Crippen LogP contribution < -0.4 is 15.0 Å². The van der Waals surface area contributed by atoms with Crippen LogP contribution in [0, 0.1) is 0 Å². The minimum atomic E-state index is -0.483. The number of nitrogens with one attached hydrogen (secondary N) is 1. The molecule has 2 heterocycles. The van der Waals surface area contributed by atoms with Crippen molar-refractivity contribution in [1.82, 2.24) is 10.3 Å². The van der Waals surface area contributed by atoms with Crippen LogP contribution in [0.4, 0.5) is 5.69 Å². The Morgan fingerprint density at radius 2 is 2.17 bits per heavy atom. The molecule has 1 aliphatic heterocycles. The van der Waals surface area contributed by atoms with Gasteiger partial charge in [0, 0.05) is 26.0 Å². The van der Waals surface area contributed by atoms with Crippen molar-refractivity contribution in [1.29, 1.82) is 0 Å². The second-order valence-electron chi connectivity index (χ2n) is 5.38. The molecule has 6 nitrogen and oxygen atoms in total. The Labute approximate surface area is 146 Å². The molecule has 0 saturated heterocycles. The topological polar surface area (TPSA) is 71.5 Å². The summed E-state index contributed by atoms with van der Waals surface area (Å²) in [5, 5.41) is 2.83. The Hall–Kier alpha value is -2.60. The van der Waals surface area contributed by atoms with Crippen LogP contribution in [0.25, 0.3) is 0 Å². The molecule has 24 heavy (non-hydrogen) atoms. The molecule has 2 aromatic rings. The van der Waals surface area contributed by atoms with Crippen LogP contribution in [0.2, 0.25) is 0 Å². The van der Waals surface area contributed by atoms with Gasteiger partial charge in [-0.3, -0.25) is 14.6 Å². The zero-order chi connectivity index (χ0) is 16.4. The second kappa shape index (κ2) is 7.31. The van der Waals surface area contributed by atoms with Gasteiger partial charge in [-0.2, -0.15) is 0 Å². The van der Waals surface area contributed by atoms with Crippen LogP contribution in [-0.2, 0) is 11.3 Å². The molecule has 3 rings (SSSR count). The van der Waals surface area contributed by atoms with Gasteiger partial charge in [0.25, 0.3) is 11.8 Å². The molecule has 0 saturated carbocycles. The molecule has 1 aliphatic rings. The minimum absolute atomic E-state index is 0. The zero-order valence-corrected chi connectivity index (χ0v) is 14.2. The number of nitrogens with zero attached hydrogens (tertiary/aromatic N) is 2.